The minimum atomic E-state index is -0.514. The van der Waals surface area contributed by atoms with E-state index in [1.165, 1.54) is 0 Å². The van der Waals surface area contributed by atoms with Crippen LogP contribution in [0.2, 0.25) is 0 Å². The van der Waals surface area contributed by atoms with Crippen LogP contribution < -0.4 is 0 Å². The molecule has 1 N–H and O–H groups in total. The zero-order valence-electron chi connectivity index (χ0n) is 7.61. The first kappa shape index (κ1) is 9.75. The summed E-state index contributed by atoms with van der Waals surface area (Å²) in [6, 6.07) is 9.68. The molecule has 1 unspecified atom stereocenters. The maximum atomic E-state index is 9.60. The Hall–Kier alpha value is -1.34. The third-order valence-corrected chi connectivity index (χ3v) is 1.94. The van der Waals surface area contributed by atoms with Crippen LogP contribution in [-0.4, -0.2) is 11.2 Å². The molecule has 0 fully saturated rings. The minimum Gasteiger partial charge on any atom is -0.388 e. The Morgan fingerprint density at radius 1 is 1.38 bits per heavy atom. The van der Waals surface area contributed by atoms with Gasteiger partial charge in [-0.25, -0.2) is 0 Å². The smallest absolute Gasteiger partial charge is 0.0824 e. The van der Waals surface area contributed by atoms with Gasteiger partial charge in [-0.3, -0.25) is 0 Å². The molecule has 1 nitrogen and oxygen atoms in total. The van der Waals surface area contributed by atoms with Gasteiger partial charge in [-0.05, 0) is 17.6 Å². The number of hydrogen-bond donors (Lipinski definition) is 1. The van der Waals surface area contributed by atoms with Crippen molar-refractivity contribution in [2.24, 2.45) is 0 Å². The molecule has 1 aromatic rings. The number of benzene rings is 1. The van der Waals surface area contributed by atoms with Gasteiger partial charge in [0.2, 0.25) is 0 Å². The summed E-state index contributed by atoms with van der Waals surface area (Å²) >= 11 is 0. The molecule has 0 bridgehead atoms. The SMILES string of the molecule is C=CCC(O)C(=C)c1ccccc1. The Morgan fingerprint density at radius 3 is 2.54 bits per heavy atom. The van der Waals surface area contributed by atoms with E-state index in [0.29, 0.717) is 6.42 Å². The molecule has 0 amide bonds. The van der Waals surface area contributed by atoms with Gasteiger partial charge < -0.3 is 5.11 Å². The Balaban J connectivity index is 2.73. The number of aliphatic hydroxyl groups excluding tert-OH is 1. The summed E-state index contributed by atoms with van der Waals surface area (Å²) < 4.78 is 0. The predicted octanol–water partition coefficient (Wildman–Crippen LogP) is 2.64. The van der Waals surface area contributed by atoms with Gasteiger partial charge in [0, 0.05) is 0 Å². The largest absolute Gasteiger partial charge is 0.388 e. The second kappa shape index (κ2) is 4.63. The van der Waals surface area contributed by atoms with E-state index < -0.39 is 6.10 Å². The molecule has 0 aromatic heterocycles. The van der Waals surface area contributed by atoms with Crippen LogP contribution in [-0.2, 0) is 0 Å². The second-order valence-corrected chi connectivity index (χ2v) is 2.93. The maximum Gasteiger partial charge on any atom is 0.0824 e. The molecule has 0 aliphatic carbocycles. The lowest BCUT2D eigenvalue weighted by molar-refractivity contribution is 0.236. The molecule has 1 rings (SSSR count). The molecule has 0 radical (unpaired) electrons. The van der Waals surface area contributed by atoms with Crippen molar-refractivity contribution in [2.75, 3.05) is 0 Å². The molecule has 0 aliphatic heterocycles. The molecule has 1 heteroatoms. The van der Waals surface area contributed by atoms with Crippen molar-refractivity contribution in [3.63, 3.8) is 0 Å². The van der Waals surface area contributed by atoms with Crippen molar-refractivity contribution in [1.29, 1.82) is 0 Å². The first-order valence-corrected chi connectivity index (χ1v) is 4.29. The van der Waals surface area contributed by atoms with E-state index in [0.717, 1.165) is 11.1 Å². The first-order valence-electron chi connectivity index (χ1n) is 4.29. The van der Waals surface area contributed by atoms with E-state index in [1.807, 2.05) is 30.3 Å². The highest BCUT2D eigenvalue weighted by molar-refractivity contribution is 5.66. The van der Waals surface area contributed by atoms with Crippen LogP contribution in [0.5, 0.6) is 0 Å². The summed E-state index contributed by atoms with van der Waals surface area (Å²) in [5.41, 5.74) is 1.73. The Labute approximate surface area is 79.0 Å². The van der Waals surface area contributed by atoms with Gasteiger partial charge in [-0.2, -0.15) is 0 Å². The lowest BCUT2D eigenvalue weighted by Crippen LogP contribution is -2.06. The van der Waals surface area contributed by atoms with E-state index in [1.54, 1.807) is 6.08 Å². The van der Waals surface area contributed by atoms with E-state index in [-0.39, 0.29) is 0 Å². The lowest BCUT2D eigenvalue weighted by atomic mass is 10.0. The molecule has 13 heavy (non-hydrogen) atoms. The zero-order chi connectivity index (χ0) is 9.68. The molecule has 68 valence electrons. The van der Waals surface area contributed by atoms with Crippen LogP contribution in [0.15, 0.2) is 49.6 Å². The van der Waals surface area contributed by atoms with Gasteiger partial charge in [0.15, 0.2) is 0 Å². The average Bonchev–Trinajstić information content (AvgIpc) is 2.18. The summed E-state index contributed by atoms with van der Waals surface area (Å²) in [5, 5.41) is 9.60. The maximum absolute atomic E-state index is 9.60. The quantitative estimate of drug-likeness (QED) is 0.696. The fourth-order valence-electron chi connectivity index (χ4n) is 1.14. The number of hydrogen-bond acceptors (Lipinski definition) is 1. The van der Waals surface area contributed by atoms with Crippen LogP contribution >= 0.6 is 0 Å². The summed E-state index contributed by atoms with van der Waals surface area (Å²) in [6.07, 6.45) is 1.73. The highest BCUT2D eigenvalue weighted by Gasteiger charge is 2.07. The van der Waals surface area contributed by atoms with Crippen LogP contribution in [0.4, 0.5) is 0 Å². The Kier molecular flexibility index (Phi) is 3.47. The highest BCUT2D eigenvalue weighted by Crippen LogP contribution is 2.17. The fraction of sp³-hybridized carbons (Fsp3) is 0.167. The minimum absolute atomic E-state index is 0.514. The van der Waals surface area contributed by atoms with Gasteiger partial charge in [0.1, 0.15) is 0 Å². The van der Waals surface area contributed by atoms with E-state index in [4.69, 9.17) is 0 Å². The Morgan fingerprint density at radius 2 is 2.00 bits per heavy atom. The molecule has 1 atom stereocenters. The fourth-order valence-corrected chi connectivity index (χ4v) is 1.14. The first-order chi connectivity index (χ1) is 6.25. The van der Waals surface area contributed by atoms with Crippen LogP contribution in [0.3, 0.4) is 0 Å². The second-order valence-electron chi connectivity index (χ2n) is 2.93. The third-order valence-electron chi connectivity index (χ3n) is 1.94. The molecule has 0 saturated heterocycles. The van der Waals surface area contributed by atoms with Crippen molar-refractivity contribution in [1.82, 2.24) is 0 Å². The van der Waals surface area contributed by atoms with Gasteiger partial charge in [-0.15, -0.1) is 6.58 Å². The van der Waals surface area contributed by atoms with E-state index in [9.17, 15) is 5.11 Å². The molecular formula is C12H14O. The van der Waals surface area contributed by atoms with Crippen LogP contribution in [0.1, 0.15) is 12.0 Å². The van der Waals surface area contributed by atoms with Crippen molar-refractivity contribution in [3.05, 3.63) is 55.1 Å². The molecule has 1 aromatic carbocycles. The monoisotopic (exact) mass is 174 g/mol. The summed E-state index contributed by atoms with van der Waals surface area (Å²) in [5.74, 6) is 0. The lowest BCUT2D eigenvalue weighted by Gasteiger charge is -2.11. The van der Waals surface area contributed by atoms with Crippen molar-refractivity contribution >= 4 is 5.57 Å². The van der Waals surface area contributed by atoms with Crippen LogP contribution in [0, 0.1) is 0 Å². The predicted molar refractivity (Wildman–Crippen MR) is 56.3 cm³/mol. The van der Waals surface area contributed by atoms with Crippen molar-refractivity contribution < 1.29 is 5.11 Å². The Bertz CT molecular complexity index is 287. The van der Waals surface area contributed by atoms with E-state index >= 15 is 0 Å². The summed E-state index contributed by atoms with van der Waals surface area (Å²) in [4.78, 5) is 0. The topological polar surface area (TPSA) is 20.2 Å². The van der Waals surface area contributed by atoms with E-state index in [2.05, 4.69) is 13.2 Å². The molecule has 0 saturated carbocycles. The highest BCUT2D eigenvalue weighted by atomic mass is 16.3. The molecule has 0 spiro atoms. The zero-order valence-corrected chi connectivity index (χ0v) is 7.61. The number of aliphatic hydroxyl groups is 1. The molecule has 0 aliphatic rings. The standard InChI is InChI=1S/C12H14O/c1-3-7-12(13)10(2)11-8-5-4-6-9-11/h3-6,8-9,12-13H,1-2,7H2. The van der Waals surface area contributed by atoms with Gasteiger partial charge >= 0.3 is 0 Å². The van der Waals surface area contributed by atoms with Crippen LogP contribution in [0.25, 0.3) is 5.57 Å². The summed E-state index contributed by atoms with van der Waals surface area (Å²) in [6.45, 7) is 7.42. The molecular weight excluding hydrogens is 160 g/mol. The average molecular weight is 174 g/mol. The normalized spacial score (nSPS) is 12.1. The van der Waals surface area contributed by atoms with Crippen molar-refractivity contribution in [3.8, 4) is 0 Å². The molecule has 0 heterocycles. The van der Waals surface area contributed by atoms with Crippen molar-refractivity contribution in [2.45, 2.75) is 12.5 Å². The summed E-state index contributed by atoms with van der Waals surface area (Å²) in [7, 11) is 0. The van der Waals surface area contributed by atoms with Gasteiger partial charge in [-0.1, -0.05) is 43.0 Å². The third kappa shape index (κ3) is 2.56. The number of rotatable bonds is 4. The van der Waals surface area contributed by atoms with Gasteiger partial charge in [0.05, 0.1) is 6.10 Å². The van der Waals surface area contributed by atoms with Gasteiger partial charge in [0.25, 0.3) is 0 Å².